The SMILES string of the molecule is CC(=O)c1ccc(NC(=O)[C@@H]2CC(=O)N(C(C)(C)C)C2)cc1. The smallest absolute Gasteiger partial charge is 0.229 e. The van der Waals surface area contributed by atoms with Crippen molar-refractivity contribution in [3.63, 3.8) is 0 Å². The Balaban J connectivity index is 2.01. The van der Waals surface area contributed by atoms with Crippen LogP contribution in [0.25, 0.3) is 0 Å². The van der Waals surface area contributed by atoms with E-state index in [9.17, 15) is 14.4 Å². The molecule has 2 amide bonds. The number of carbonyl (C=O) groups excluding carboxylic acids is 3. The Morgan fingerprint density at radius 1 is 1.18 bits per heavy atom. The summed E-state index contributed by atoms with van der Waals surface area (Å²) in [5.74, 6) is -0.491. The zero-order chi connectivity index (χ0) is 16.5. The first-order valence-corrected chi connectivity index (χ1v) is 7.41. The van der Waals surface area contributed by atoms with Gasteiger partial charge in [-0.05, 0) is 52.0 Å². The van der Waals surface area contributed by atoms with Crippen LogP contribution in [0, 0.1) is 5.92 Å². The van der Waals surface area contributed by atoms with Gasteiger partial charge in [0.05, 0.1) is 5.92 Å². The third-order valence-electron chi connectivity index (χ3n) is 3.86. The number of anilines is 1. The number of ketones is 1. The van der Waals surface area contributed by atoms with Gasteiger partial charge < -0.3 is 10.2 Å². The molecule has 5 heteroatoms. The zero-order valence-corrected chi connectivity index (χ0v) is 13.5. The number of carbonyl (C=O) groups is 3. The minimum Gasteiger partial charge on any atom is -0.337 e. The largest absolute Gasteiger partial charge is 0.337 e. The lowest BCUT2D eigenvalue weighted by molar-refractivity contribution is -0.131. The first-order chi connectivity index (χ1) is 10.2. The van der Waals surface area contributed by atoms with Crippen LogP contribution in [0.4, 0.5) is 5.69 Å². The molecule has 1 fully saturated rings. The van der Waals surface area contributed by atoms with E-state index in [1.807, 2.05) is 20.8 Å². The summed E-state index contributed by atoms with van der Waals surface area (Å²) >= 11 is 0. The highest BCUT2D eigenvalue weighted by molar-refractivity contribution is 5.98. The van der Waals surface area contributed by atoms with Crippen molar-refractivity contribution in [2.45, 2.75) is 39.7 Å². The van der Waals surface area contributed by atoms with Crippen LogP contribution in [0.2, 0.25) is 0 Å². The molecule has 1 aromatic rings. The summed E-state index contributed by atoms with van der Waals surface area (Å²) in [4.78, 5) is 37.3. The Hall–Kier alpha value is -2.17. The number of hydrogen-bond acceptors (Lipinski definition) is 3. The van der Waals surface area contributed by atoms with Crippen molar-refractivity contribution in [1.29, 1.82) is 0 Å². The van der Waals surface area contributed by atoms with Gasteiger partial charge in [0.25, 0.3) is 0 Å². The van der Waals surface area contributed by atoms with E-state index in [0.29, 0.717) is 17.8 Å². The van der Waals surface area contributed by atoms with E-state index in [1.54, 1.807) is 29.2 Å². The zero-order valence-electron chi connectivity index (χ0n) is 13.5. The van der Waals surface area contributed by atoms with Gasteiger partial charge >= 0.3 is 0 Å². The van der Waals surface area contributed by atoms with Gasteiger partial charge in [0.15, 0.2) is 5.78 Å². The van der Waals surface area contributed by atoms with Crippen LogP contribution < -0.4 is 5.32 Å². The molecular weight excluding hydrogens is 280 g/mol. The highest BCUT2D eigenvalue weighted by atomic mass is 16.2. The average molecular weight is 302 g/mol. The molecule has 1 aromatic carbocycles. The van der Waals surface area contributed by atoms with Gasteiger partial charge in [0.1, 0.15) is 0 Å². The number of Topliss-reactive ketones (excluding diaryl/α,β-unsaturated/α-hetero) is 1. The standard InChI is InChI=1S/C17H22N2O3/c1-11(20)12-5-7-14(8-6-12)18-16(22)13-9-15(21)19(10-13)17(2,3)4/h5-8,13H,9-10H2,1-4H3,(H,18,22)/t13-/m1/s1. The van der Waals surface area contributed by atoms with E-state index in [2.05, 4.69) is 5.32 Å². The van der Waals surface area contributed by atoms with E-state index in [4.69, 9.17) is 0 Å². The summed E-state index contributed by atoms with van der Waals surface area (Å²) in [6, 6.07) is 6.76. The number of nitrogens with one attached hydrogen (secondary N) is 1. The molecule has 0 aromatic heterocycles. The maximum Gasteiger partial charge on any atom is 0.229 e. The summed E-state index contributed by atoms with van der Waals surface area (Å²) in [5.41, 5.74) is 0.972. The average Bonchev–Trinajstić information content (AvgIpc) is 2.81. The normalized spacial score (nSPS) is 18.5. The molecule has 5 nitrogen and oxygen atoms in total. The lowest BCUT2D eigenvalue weighted by Crippen LogP contribution is -2.42. The van der Waals surface area contributed by atoms with Gasteiger partial charge in [0, 0.05) is 29.8 Å². The monoisotopic (exact) mass is 302 g/mol. The van der Waals surface area contributed by atoms with Crippen molar-refractivity contribution in [3.8, 4) is 0 Å². The van der Waals surface area contributed by atoms with Gasteiger partial charge in [-0.1, -0.05) is 0 Å². The molecule has 0 saturated carbocycles. The Bertz CT molecular complexity index is 599. The Morgan fingerprint density at radius 2 is 1.77 bits per heavy atom. The number of likely N-dealkylation sites (tertiary alicyclic amines) is 1. The topological polar surface area (TPSA) is 66.5 Å². The maximum atomic E-state index is 12.3. The molecule has 0 radical (unpaired) electrons. The van der Waals surface area contributed by atoms with Gasteiger partial charge in [-0.2, -0.15) is 0 Å². The van der Waals surface area contributed by atoms with E-state index >= 15 is 0 Å². The molecular formula is C17H22N2O3. The first-order valence-electron chi connectivity index (χ1n) is 7.41. The molecule has 1 saturated heterocycles. The Labute approximate surface area is 130 Å². The molecule has 0 aliphatic carbocycles. The molecule has 0 spiro atoms. The molecule has 1 heterocycles. The van der Waals surface area contributed by atoms with Crippen molar-refractivity contribution in [2.24, 2.45) is 5.92 Å². The second-order valence-corrected chi connectivity index (χ2v) is 6.70. The summed E-state index contributed by atoms with van der Waals surface area (Å²) < 4.78 is 0. The molecule has 118 valence electrons. The molecule has 22 heavy (non-hydrogen) atoms. The molecule has 1 atom stereocenters. The van der Waals surface area contributed by atoms with Crippen molar-refractivity contribution in [2.75, 3.05) is 11.9 Å². The van der Waals surface area contributed by atoms with E-state index < -0.39 is 0 Å². The highest BCUT2D eigenvalue weighted by Crippen LogP contribution is 2.26. The van der Waals surface area contributed by atoms with Crippen molar-refractivity contribution in [1.82, 2.24) is 4.90 Å². The number of nitrogens with zero attached hydrogens (tertiary/aromatic N) is 1. The van der Waals surface area contributed by atoms with Crippen LogP contribution in [0.3, 0.4) is 0 Å². The molecule has 0 unspecified atom stereocenters. The van der Waals surface area contributed by atoms with E-state index in [0.717, 1.165) is 0 Å². The molecule has 1 aliphatic heterocycles. The highest BCUT2D eigenvalue weighted by Gasteiger charge is 2.39. The molecule has 1 aliphatic rings. The van der Waals surface area contributed by atoms with Crippen LogP contribution in [-0.4, -0.2) is 34.6 Å². The number of amides is 2. The van der Waals surface area contributed by atoms with Crippen molar-refractivity contribution >= 4 is 23.3 Å². The fourth-order valence-corrected chi connectivity index (χ4v) is 2.56. The number of hydrogen-bond donors (Lipinski definition) is 1. The maximum absolute atomic E-state index is 12.3. The van der Waals surface area contributed by atoms with Crippen LogP contribution >= 0.6 is 0 Å². The van der Waals surface area contributed by atoms with Gasteiger partial charge in [0.2, 0.25) is 11.8 Å². The van der Waals surface area contributed by atoms with Crippen LogP contribution in [0.1, 0.15) is 44.5 Å². The predicted octanol–water partition coefficient (Wildman–Crippen LogP) is 2.47. The predicted molar refractivity (Wildman–Crippen MR) is 84.6 cm³/mol. The lowest BCUT2D eigenvalue weighted by Gasteiger charge is -2.31. The van der Waals surface area contributed by atoms with Crippen molar-refractivity contribution < 1.29 is 14.4 Å². The summed E-state index contributed by atoms with van der Waals surface area (Å²) in [5, 5.41) is 2.81. The fraction of sp³-hybridized carbons (Fsp3) is 0.471. The third-order valence-corrected chi connectivity index (χ3v) is 3.86. The van der Waals surface area contributed by atoms with Crippen LogP contribution in [0.5, 0.6) is 0 Å². The fourth-order valence-electron chi connectivity index (χ4n) is 2.56. The van der Waals surface area contributed by atoms with Crippen LogP contribution in [0.15, 0.2) is 24.3 Å². The Kier molecular flexibility index (Phi) is 4.35. The van der Waals surface area contributed by atoms with E-state index in [1.165, 1.54) is 6.92 Å². The summed E-state index contributed by atoms with van der Waals surface area (Å²) in [7, 11) is 0. The van der Waals surface area contributed by atoms with Gasteiger partial charge in [-0.25, -0.2) is 0 Å². The number of rotatable bonds is 3. The van der Waals surface area contributed by atoms with Crippen LogP contribution in [-0.2, 0) is 9.59 Å². The quantitative estimate of drug-likeness (QED) is 0.872. The Morgan fingerprint density at radius 3 is 2.23 bits per heavy atom. The number of benzene rings is 1. The first kappa shape index (κ1) is 16.2. The summed E-state index contributed by atoms with van der Waals surface area (Å²) in [6.07, 6.45) is 0.245. The second kappa shape index (κ2) is 5.91. The van der Waals surface area contributed by atoms with Gasteiger partial charge in [-0.3, -0.25) is 14.4 Å². The minimum atomic E-state index is -0.334. The van der Waals surface area contributed by atoms with E-state index in [-0.39, 0.29) is 35.5 Å². The molecule has 1 N–H and O–H groups in total. The molecule has 0 bridgehead atoms. The lowest BCUT2D eigenvalue weighted by atomic mass is 10.1. The summed E-state index contributed by atoms with van der Waals surface area (Å²) in [6.45, 7) is 7.83. The minimum absolute atomic E-state index is 0.0135. The second-order valence-electron chi connectivity index (χ2n) is 6.70. The van der Waals surface area contributed by atoms with Gasteiger partial charge in [-0.15, -0.1) is 0 Å². The molecule has 2 rings (SSSR count). The van der Waals surface area contributed by atoms with Crippen molar-refractivity contribution in [3.05, 3.63) is 29.8 Å². The third kappa shape index (κ3) is 3.53.